The molecule has 0 unspecified atom stereocenters. The fourth-order valence-electron chi connectivity index (χ4n) is 2.30. The molecule has 1 N–H and O–H groups in total. The number of aryl methyl sites for hydroxylation is 2. The largest absolute Gasteiger partial charge is 0.464 e. The molecule has 6 heteroatoms. The first-order chi connectivity index (χ1) is 10.7. The first-order valence-corrected chi connectivity index (χ1v) is 7.66. The molecule has 0 aliphatic rings. The van der Waals surface area contributed by atoms with Gasteiger partial charge >= 0.3 is 0 Å². The summed E-state index contributed by atoms with van der Waals surface area (Å²) < 4.78 is 7.25. The summed E-state index contributed by atoms with van der Waals surface area (Å²) in [6, 6.07) is 3.27. The smallest absolute Gasteiger partial charge is 0.293 e. The number of hydrogen-bond acceptors (Lipinski definition) is 4. The Bertz CT molecular complexity index is 707. The molecule has 0 fully saturated rings. The van der Waals surface area contributed by atoms with Gasteiger partial charge in [-0.05, 0) is 31.4 Å². The van der Waals surface area contributed by atoms with Gasteiger partial charge in [-0.2, -0.15) is 5.10 Å². The summed E-state index contributed by atoms with van der Waals surface area (Å²) in [5.41, 5.74) is -0.0129. The number of amides is 1. The van der Waals surface area contributed by atoms with E-state index < -0.39 is 17.7 Å². The topological polar surface area (TPSA) is 77.1 Å². The van der Waals surface area contributed by atoms with Crippen molar-refractivity contribution in [2.24, 2.45) is 5.41 Å². The van der Waals surface area contributed by atoms with Crippen LogP contribution in [0.25, 0.3) is 0 Å². The molecule has 6 nitrogen and oxygen atoms in total. The number of furan rings is 1. The minimum Gasteiger partial charge on any atom is -0.464 e. The van der Waals surface area contributed by atoms with Crippen molar-refractivity contribution < 1.29 is 14.0 Å². The standard InChI is InChI=1S/C17H23N3O3/c1-6-20-10-12(9-18-20)14(21)16(22)19-15(17(3,4)5)13-8-7-11(2)23-13/h7-10,15H,6H2,1-5H3,(H,19,22)/t15-/m1/s1. The lowest BCUT2D eigenvalue weighted by molar-refractivity contribution is -0.118. The molecule has 0 spiro atoms. The maximum atomic E-state index is 12.3. The molecule has 0 radical (unpaired) electrons. The van der Waals surface area contributed by atoms with E-state index in [1.807, 2.05) is 46.8 Å². The first-order valence-electron chi connectivity index (χ1n) is 7.66. The van der Waals surface area contributed by atoms with Crippen LogP contribution in [-0.2, 0) is 11.3 Å². The maximum Gasteiger partial charge on any atom is 0.293 e. The number of hydrogen-bond donors (Lipinski definition) is 1. The number of ketones is 1. The summed E-state index contributed by atoms with van der Waals surface area (Å²) in [7, 11) is 0. The quantitative estimate of drug-likeness (QED) is 0.679. The average Bonchev–Trinajstić information content (AvgIpc) is 3.11. The van der Waals surface area contributed by atoms with Gasteiger partial charge in [-0.15, -0.1) is 0 Å². The Hall–Kier alpha value is -2.37. The third kappa shape index (κ3) is 3.88. The summed E-state index contributed by atoms with van der Waals surface area (Å²) >= 11 is 0. The van der Waals surface area contributed by atoms with E-state index in [4.69, 9.17) is 4.42 Å². The van der Waals surface area contributed by atoms with Crippen LogP contribution in [-0.4, -0.2) is 21.5 Å². The van der Waals surface area contributed by atoms with E-state index in [-0.39, 0.29) is 11.0 Å². The van der Waals surface area contributed by atoms with Gasteiger partial charge in [-0.3, -0.25) is 14.3 Å². The van der Waals surface area contributed by atoms with Crippen molar-refractivity contribution in [2.45, 2.75) is 47.2 Å². The van der Waals surface area contributed by atoms with E-state index in [0.717, 1.165) is 5.76 Å². The van der Waals surface area contributed by atoms with Gasteiger partial charge in [0.15, 0.2) is 0 Å². The molecule has 23 heavy (non-hydrogen) atoms. The van der Waals surface area contributed by atoms with Gasteiger partial charge in [0, 0.05) is 12.7 Å². The lowest BCUT2D eigenvalue weighted by atomic mass is 9.85. The number of Topliss-reactive ketones (excluding diaryl/α,β-unsaturated/α-hetero) is 1. The van der Waals surface area contributed by atoms with Crippen LogP contribution < -0.4 is 5.32 Å². The van der Waals surface area contributed by atoms with Gasteiger partial charge in [0.05, 0.1) is 17.8 Å². The number of carbonyl (C=O) groups excluding carboxylic acids is 2. The first kappa shape index (κ1) is 17.0. The normalized spacial score (nSPS) is 12.9. The van der Waals surface area contributed by atoms with Crippen molar-refractivity contribution in [2.75, 3.05) is 0 Å². The van der Waals surface area contributed by atoms with Crippen LogP contribution in [0, 0.1) is 12.3 Å². The Morgan fingerprint density at radius 1 is 1.35 bits per heavy atom. The van der Waals surface area contributed by atoms with E-state index in [9.17, 15) is 9.59 Å². The number of nitrogens with zero attached hydrogens (tertiary/aromatic N) is 2. The van der Waals surface area contributed by atoms with E-state index in [0.29, 0.717) is 12.3 Å². The Morgan fingerprint density at radius 3 is 2.52 bits per heavy atom. The van der Waals surface area contributed by atoms with Gasteiger partial charge in [-0.1, -0.05) is 20.8 Å². The molecule has 0 saturated carbocycles. The second-order valence-corrected chi connectivity index (χ2v) is 6.63. The zero-order valence-corrected chi connectivity index (χ0v) is 14.2. The summed E-state index contributed by atoms with van der Waals surface area (Å²) in [5.74, 6) is 0.149. The van der Waals surface area contributed by atoms with E-state index in [1.165, 1.54) is 6.20 Å². The molecule has 2 rings (SSSR count). The molecule has 0 aliphatic carbocycles. The Balaban J connectivity index is 2.19. The Kier molecular flexibility index (Phi) is 4.73. The van der Waals surface area contributed by atoms with Crippen molar-refractivity contribution in [1.82, 2.24) is 15.1 Å². The van der Waals surface area contributed by atoms with E-state index >= 15 is 0 Å². The molecular formula is C17H23N3O3. The third-order valence-electron chi connectivity index (χ3n) is 3.61. The molecule has 124 valence electrons. The van der Waals surface area contributed by atoms with Gasteiger partial charge in [0.1, 0.15) is 11.5 Å². The van der Waals surface area contributed by atoms with Crippen molar-refractivity contribution in [3.05, 3.63) is 41.6 Å². The molecule has 1 atom stereocenters. The molecular weight excluding hydrogens is 294 g/mol. The highest BCUT2D eigenvalue weighted by molar-refractivity contribution is 6.42. The third-order valence-corrected chi connectivity index (χ3v) is 3.61. The van der Waals surface area contributed by atoms with E-state index in [2.05, 4.69) is 10.4 Å². The zero-order valence-electron chi connectivity index (χ0n) is 14.2. The summed E-state index contributed by atoms with van der Waals surface area (Å²) in [4.78, 5) is 24.6. The van der Waals surface area contributed by atoms with Gasteiger partial charge in [-0.25, -0.2) is 0 Å². The highest BCUT2D eigenvalue weighted by Crippen LogP contribution is 2.33. The molecule has 0 saturated heterocycles. The van der Waals surface area contributed by atoms with Crippen molar-refractivity contribution in [3.8, 4) is 0 Å². The van der Waals surface area contributed by atoms with Crippen LogP contribution in [0.4, 0.5) is 0 Å². The predicted molar refractivity (Wildman–Crippen MR) is 86.0 cm³/mol. The monoisotopic (exact) mass is 317 g/mol. The van der Waals surface area contributed by atoms with Crippen molar-refractivity contribution >= 4 is 11.7 Å². The highest BCUT2D eigenvalue weighted by atomic mass is 16.3. The van der Waals surface area contributed by atoms with Crippen molar-refractivity contribution in [3.63, 3.8) is 0 Å². The van der Waals surface area contributed by atoms with Crippen LogP contribution >= 0.6 is 0 Å². The SMILES string of the molecule is CCn1cc(C(=O)C(=O)N[C@H](c2ccc(C)o2)C(C)(C)C)cn1. The second kappa shape index (κ2) is 6.40. The number of carbonyl (C=O) groups is 2. The number of rotatable bonds is 5. The van der Waals surface area contributed by atoms with Gasteiger partial charge < -0.3 is 9.73 Å². The van der Waals surface area contributed by atoms with Crippen LogP contribution in [0.15, 0.2) is 28.9 Å². The van der Waals surface area contributed by atoms with Gasteiger partial charge in [0.25, 0.3) is 11.7 Å². The molecule has 0 bridgehead atoms. The predicted octanol–water partition coefficient (Wildman–Crippen LogP) is 2.89. The fourth-order valence-corrected chi connectivity index (χ4v) is 2.30. The molecule has 0 aromatic carbocycles. The zero-order chi connectivity index (χ0) is 17.2. The molecule has 2 heterocycles. The lowest BCUT2D eigenvalue weighted by Gasteiger charge is -2.29. The summed E-state index contributed by atoms with van der Waals surface area (Å²) in [5, 5.41) is 6.82. The molecule has 2 aromatic heterocycles. The Labute approximate surface area is 135 Å². The average molecular weight is 317 g/mol. The van der Waals surface area contributed by atoms with Crippen molar-refractivity contribution in [1.29, 1.82) is 0 Å². The highest BCUT2D eigenvalue weighted by Gasteiger charge is 2.32. The minimum absolute atomic E-state index is 0.285. The Morgan fingerprint density at radius 2 is 2.04 bits per heavy atom. The van der Waals surface area contributed by atoms with E-state index in [1.54, 1.807) is 10.9 Å². The summed E-state index contributed by atoms with van der Waals surface area (Å²) in [6.07, 6.45) is 2.99. The maximum absolute atomic E-state index is 12.3. The number of aromatic nitrogens is 2. The van der Waals surface area contributed by atoms with Crippen LogP contribution in [0.5, 0.6) is 0 Å². The number of nitrogens with one attached hydrogen (secondary N) is 1. The van der Waals surface area contributed by atoms with Crippen LogP contribution in [0.3, 0.4) is 0 Å². The van der Waals surface area contributed by atoms with Crippen LogP contribution in [0.1, 0.15) is 55.6 Å². The molecule has 1 amide bonds. The summed E-state index contributed by atoms with van der Waals surface area (Å²) in [6.45, 7) is 10.3. The minimum atomic E-state index is -0.658. The molecule has 2 aromatic rings. The van der Waals surface area contributed by atoms with Gasteiger partial charge in [0.2, 0.25) is 0 Å². The lowest BCUT2D eigenvalue weighted by Crippen LogP contribution is -2.40. The fraction of sp³-hybridized carbons (Fsp3) is 0.471. The van der Waals surface area contributed by atoms with Crippen LogP contribution in [0.2, 0.25) is 0 Å². The molecule has 0 aliphatic heterocycles. The second-order valence-electron chi connectivity index (χ2n) is 6.63.